The fourth-order valence-corrected chi connectivity index (χ4v) is 4.06. The van der Waals surface area contributed by atoms with Crippen molar-refractivity contribution in [3.05, 3.63) is 41.5 Å². The van der Waals surface area contributed by atoms with E-state index in [-0.39, 0.29) is 24.1 Å². The first kappa shape index (κ1) is 19.0. The number of carbonyl (C=O) groups is 5. The van der Waals surface area contributed by atoms with E-state index in [1.165, 1.54) is 6.92 Å². The highest BCUT2D eigenvalue weighted by atomic mass is 16.5. The number of benzene rings is 1. The summed E-state index contributed by atoms with van der Waals surface area (Å²) < 4.78 is 5.09. The van der Waals surface area contributed by atoms with Gasteiger partial charge in [0.15, 0.2) is 12.4 Å². The molecule has 3 amide bonds. The van der Waals surface area contributed by atoms with Gasteiger partial charge < -0.3 is 10.1 Å². The van der Waals surface area contributed by atoms with E-state index < -0.39 is 36.2 Å². The maximum Gasteiger partial charge on any atom is 0.329 e. The molecule has 3 atom stereocenters. The lowest BCUT2D eigenvalue weighted by atomic mass is 9.85. The van der Waals surface area contributed by atoms with Crippen molar-refractivity contribution in [3.8, 4) is 0 Å². The molecule has 1 saturated heterocycles. The summed E-state index contributed by atoms with van der Waals surface area (Å²) >= 11 is 0. The Balaban J connectivity index is 1.38. The first-order chi connectivity index (χ1) is 13.9. The number of rotatable bonds is 5. The number of ketones is 1. The number of hydrogen-bond donors (Lipinski definition) is 1. The predicted molar refractivity (Wildman–Crippen MR) is 101 cm³/mol. The van der Waals surface area contributed by atoms with Crippen LogP contribution in [0, 0.1) is 11.8 Å². The minimum atomic E-state index is -1.09. The second-order valence-electron chi connectivity index (χ2n) is 7.51. The van der Waals surface area contributed by atoms with Gasteiger partial charge in [0.2, 0.25) is 17.7 Å². The number of allylic oxidation sites excluding steroid dienone is 2. The van der Waals surface area contributed by atoms with Gasteiger partial charge in [-0.2, -0.15) is 0 Å². The van der Waals surface area contributed by atoms with Crippen LogP contribution in [0.25, 0.3) is 0 Å². The summed E-state index contributed by atoms with van der Waals surface area (Å²) in [4.78, 5) is 62.3. The summed E-state index contributed by atoms with van der Waals surface area (Å²) in [7, 11) is 0. The van der Waals surface area contributed by atoms with Crippen molar-refractivity contribution in [2.75, 3.05) is 11.9 Å². The van der Waals surface area contributed by atoms with Gasteiger partial charge in [-0.1, -0.05) is 12.2 Å². The number of hydrogen-bond acceptors (Lipinski definition) is 6. The third-order valence-corrected chi connectivity index (χ3v) is 5.67. The standard InChI is InChI=1S/C21H20N2O6/c1-11(23-19(26)14-4-2-3-5-15(14)20(23)27)21(28)29-10-17(24)12-6-7-16-13(8-12)9-18(25)22-16/h2-3,6-8,11,14-15H,4-5,9-10H2,1H3,(H,22,25)/t11-,14+,15+/m0/s1. The third-order valence-electron chi connectivity index (χ3n) is 5.67. The Labute approximate surface area is 166 Å². The number of anilines is 1. The number of imide groups is 1. The van der Waals surface area contributed by atoms with Crippen molar-refractivity contribution in [3.63, 3.8) is 0 Å². The zero-order chi connectivity index (χ0) is 20.7. The molecule has 29 heavy (non-hydrogen) atoms. The van der Waals surface area contributed by atoms with Crippen molar-refractivity contribution in [1.82, 2.24) is 4.90 Å². The molecule has 2 aliphatic heterocycles. The van der Waals surface area contributed by atoms with Crippen LogP contribution in [0.1, 0.15) is 35.7 Å². The molecule has 0 bridgehead atoms. The van der Waals surface area contributed by atoms with Gasteiger partial charge in [-0.05, 0) is 43.5 Å². The molecule has 1 aromatic rings. The minimum Gasteiger partial charge on any atom is -0.456 e. The average Bonchev–Trinajstić information content (AvgIpc) is 3.21. The number of likely N-dealkylation sites (tertiary alicyclic amines) is 1. The van der Waals surface area contributed by atoms with Crippen molar-refractivity contribution in [2.24, 2.45) is 11.8 Å². The Morgan fingerprint density at radius 2 is 1.79 bits per heavy atom. The molecule has 0 saturated carbocycles. The van der Waals surface area contributed by atoms with E-state index >= 15 is 0 Å². The van der Waals surface area contributed by atoms with Crippen LogP contribution in [0.4, 0.5) is 5.69 Å². The zero-order valence-electron chi connectivity index (χ0n) is 15.8. The van der Waals surface area contributed by atoms with E-state index in [0.29, 0.717) is 29.7 Å². The molecule has 1 N–H and O–H groups in total. The lowest BCUT2D eigenvalue weighted by Gasteiger charge is -2.21. The van der Waals surface area contributed by atoms with Crippen LogP contribution in [-0.2, 0) is 30.3 Å². The molecule has 3 aliphatic rings. The normalized spacial score (nSPS) is 23.5. The van der Waals surface area contributed by atoms with Gasteiger partial charge in [0.05, 0.1) is 18.3 Å². The Morgan fingerprint density at radius 3 is 2.45 bits per heavy atom. The van der Waals surface area contributed by atoms with Crippen LogP contribution in [0.5, 0.6) is 0 Å². The van der Waals surface area contributed by atoms with E-state index in [1.807, 2.05) is 12.2 Å². The van der Waals surface area contributed by atoms with Crippen LogP contribution in [0.15, 0.2) is 30.4 Å². The fourth-order valence-electron chi connectivity index (χ4n) is 4.06. The molecule has 0 spiro atoms. The lowest BCUT2D eigenvalue weighted by molar-refractivity contribution is -0.157. The molecule has 1 aromatic carbocycles. The predicted octanol–water partition coefficient (Wildman–Crippen LogP) is 1.25. The van der Waals surface area contributed by atoms with Gasteiger partial charge in [0.25, 0.3) is 0 Å². The second-order valence-corrected chi connectivity index (χ2v) is 7.51. The van der Waals surface area contributed by atoms with Crippen LogP contribution in [0.3, 0.4) is 0 Å². The molecule has 0 unspecified atom stereocenters. The molecular weight excluding hydrogens is 376 g/mol. The summed E-state index contributed by atoms with van der Waals surface area (Å²) in [5.74, 6) is -2.94. The molecule has 8 heteroatoms. The lowest BCUT2D eigenvalue weighted by Crippen LogP contribution is -2.44. The monoisotopic (exact) mass is 396 g/mol. The van der Waals surface area contributed by atoms with Crippen LogP contribution in [0.2, 0.25) is 0 Å². The third kappa shape index (κ3) is 3.35. The summed E-state index contributed by atoms with van der Waals surface area (Å²) in [5, 5.41) is 2.68. The Morgan fingerprint density at radius 1 is 1.14 bits per heavy atom. The Hall–Kier alpha value is -3.29. The molecular formula is C21H20N2O6. The number of Topliss-reactive ketones (excluding diaryl/α,β-unsaturated/α-hetero) is 1. The fraction of sp³-hybridized carbons (Fsp3) is 0.381. The Kier molecular flexibility index (Phi) is 4.77. The maximum absolute atomic E-state index is 12.6. The van der Waals surface area contributed by atoms with Crippen LogP contribution in [-0.4, -0.2) is 47.0 Å². The summed E-state index contributed by atoms with van der Waals surface area (Å²) in [6.07, 6.45) is 4.92. The van der Waals surface area contributed by atoms with E-state index in [0.717, 1.165) is 4.90 Å². The van der Waals surface area contributed by atoms with E-state index in [9.17, 15) is 24.0 Å². The molecule has 4 rings (SSSR count). The number of carbonyl (C=O) groups excluding carboxylic acids is 5. The highest BCUT2D eigenvalue weighted by Crippen LogP contribution is 2.36. The second kappa shape index (κ2) is 7.27. The van der Waals surface area contributed by atoms with Gasteiger partial charge in [0.1, 0.15) is 6.04 Å². The van der Waals surface area contributed by atoms with Crippen molar-refractivity contribution in [1.29, 1.82) is 0 Å². The molecule has 150 valence electrons. The van der Waals surface area contributed by atoms with Crippen molar-refractivity contribution < 1.29 is 28.7 Å². The first-order valence-electron chi connectivity index (χ1n) is 9.51. The number of esters is 1. The highest BCUT2D eigenvalue weighted by Gasteiger charge is 2.50. The SMILES string of the molecule is C[C@@H](C(=O)OCC(=O)c1ccc2c(c1)CC(=O)N2)N1C(=O)[C@@H]2CC=CC[C@H]2C1=O. The highest BCUT2D eigenvalue weighted by molar-refractivity contribution is 6.08. The summed E-state index contributed by atoms with van der Waals surface area (Å²) in [6.45, 7) is 0.925. The van der Waals surface area contributed by atoms with Crippen LogP contribution >= 0.6 is 0 Å². The molecule has 1 fully saturated rings. The number of nitrogens with zero attached hydrogens (tertiary/aromatic N) is 1. The van der Waals surface area contributed by atoms with Gasteiger partial charge in [-0.3, -0.25) is 24.1 Å². The van der Waals surface area contributed by atoms with Crippen molar-refractivity contribution >= 4 is 35.2 Å². The van der Waals surface area contributed by atoms with Gasteiger partial charge in [0, 0.05) is 11.3 Å². The maximum atomic E-state index is 12.6. The van der Waals surface area contributed by atoms with Gasteiger partial charge in [-0.15, -0.1) is 0 Å². The Bertz CT molecular complexity index is 940. The number of amides is 3. The largest absolute Gasteiger partial charge is 0.456 e. The minimum absolute atomic E-state index is 0.138. The number of ether oxygens (including phenoxy) is 1. The van der Waals surface area contributed by atoms with E-state index in [4.69, 9.17) is 4.74 Å². The molecule has 0 radical (unpaired) electrons. The molecule has 8 nitrogen and oxygen atoms in total. The molecule has 1 aliphatic carbocycles. The van der Waals surface area contributed by atoms with E-state index in [2.05, 4.69) is 5.32 Å². The van der Waals surface area contributed by atoms with Gasteiger partial charge in [-0.25, -0.2) is 4.79 Å². The topological polar surface area (TPSA) is 110 Å². The zero-order valence-corrected chi connectivity index (χ0v) is 15.8. The smallest absolute Gasteiger partial charge is 0.329 e. The van der Waals surface area contributed by atoms with E-state index in [1.54, 1.807) is 18.2 Å². The summed E-state index contributed by atoms with van der Waals surface area (Å²) in [6, 6.07) is 3.69. The number of nitrogens with one attached hydrogen (secondary N) is 1. The number of fused-ring (bicyclic) bond motifs is 2. The summed E-state index contributed by atoms with van der Waals surface area (Å²) in [5.41, 5.74) is 1.70. The van der Waals surface area contributed by atoms with Crippen LogP contribution < -0.4 is 5.32 Å². The van der Waals surface area contributed by atoms with Crippen molar-refractivity contribution in [2.45, 2.75) is 32.2 Å². The molecule has 0 aromatic heterocycles. The first-order valence-corrected chi connectivity index (χ1v) is 9.51. The van der Waals surface area contributed by atoms with Gasteiger partial charge >= 0.3 is 5.97 Å². The quantitative estimate of drug-likeness (QED) is 0.347. The average molecular weight is 396 g/mol. The molecule has 2 heterocycles.